The molecule has 0 spiro atoms. The summed E-state index contributed by atoms with van der Waals surface area (Å²) in [6.07, 6.45) is -5.64. The Kier molecular flexibility index (Phi) is 5.17. The first kappa shape index (κ1) is 18.0. The molecule has 1 heterocycles. The smallest absolute Gasteiger partial charge is 0.389 e. The lowest BCUT2D eigenvalue weighted by Gasteiger charge is -2.17. The Hall–Kier alpha value is -2.10. The van der Waals surface area contributed by atoms with Crippen LogP contribution in [0.1, 0.15) is 41.2 Å². The predicted octanol–water partition coefficient (Wildman–Crippen LogP) is 0.435. The van der Waals surface area contributed by atoms with Crippen LogP contribution in [-0.4, -0.2) is 45.0 Å². The maximum atomic E-state index is 12.3. The Morgan fingerprint density at radius 2 is 2.00 bits per heavy atom. The molecule has 0 bridgehead atoms. The van der Waals surface area contributed by atoms with E-state index >= 15 is 0 Å². The van der Waals surface area contributed by atoms with Gasteiger partial charge in [0.05, 0.1) is 18.6 Å². The number of nitrogens with zero attached hydrogens (tertiary/aromatic N) is 2. The van der Waals surface area contributed by atoms with Gasteiger partial charge >= 0.3 is 6.18 Å². The lowest BCUT2D eigenvalue weighted by molar-refractivity contribution is -0.137. The minimum absolute atomic E-state index is 0.123. The molecule has 0 aliphatic rings. The average molecular weight is 322 g/mol. The second-order valence-corrected chi connectivity index (χ2v) is 5.36. The summed E-state index contributed by atoms with van der Waals surface area (Å²) >= 11 is 0. The first-order valence-electron chi connectivity index (χ1n) is 6.34. The zero-order chi connectivity index (χ0) is 17.1. The van der Waals surface area contributed by atoms with Crippen molar-refractivity contribution in [2.45, 2.75) is 38.6 Å². The van der Waals surface area contributed by atoms with Crippen molar-refractivity contribution in [3.05, 3.63) is 17.5 Å². The molecule has 10 heteroatoms. The third-order valence-electron chi connectivity index (χ3n) is 2.55. The number of rotatable bonds is 6. The van der Waals surface area contributed by atoms with Crippen LogP contribution in [-0.2, 0) is 6.54 Å². The van der Waals surface area contributed by atoms with E-state index in [9.17, 15) is 27.9 Å². The van der Waals surface area contributed by atoms with Crippen LogP contribution in [0.5, 0.6) is 0 Å². The molecule has 0 atom stereocenters. The minimum Gasteiger partial charge on any atom is -0.389 e. The van der Waals surface area contributed by atoms with Gasteiger partial charge in [-0.25, -0.2) is 0 Å². The predicted molar refractivity (Wildman–Crippen MR) is 70.0 cm³/mol. The first-order valence-corrected chi connectivity index (χ1v) is 6.34. The Labute approximate surface area is 124 Å². The van der Waals surface area contributed by atoms with Gasteiger partial charge in [-0.05, 0) is 13.8 Å². The van der Waals surface area contributed by atoms with E-state index in [2.05, 4.69) is 10.4 Å². The fourth-order valence-electron chi connectivity index (χ4n) is 1.51. The third-order valence-corrected chi connectivity index (χ3v) is 2.55. The second-order valence-electron chi connectivity index (χ2n) is 5.36. The summed E-state index contributed by atoms with van der Waals surface area (Å²) in [5.41, 5.74) is 3.27. The largest absolute Gasteiger partial charge is 0.390 e. The standard InChI is InChI=1S/C12H17F3N4O3/c1-11(2,22)6-17-10(21)8-5-7(9(16)20)18-19(8)4-3-12(13,14)15/h5,22H,3-4,6H2,1-2H3,(H2,16,20)(H,17,21). The van der Waals surface area contributed by atoms with Gasteiger partial charge in [-0.3, -0.25) is 14.3 Å². The molecule has 0 aromatic carbocycles. The zero-order valence-electron chi connectivity index (χ0n) is 12.1. The molecule has 2 amide bonds. The quantitative estimate of drug-likeness (QED) is 0.705. The molecular formula is C12H17F3N4O3. The summed E-state index contributed by atoms with van der Waals surface area (Å²) in [6, 6.07) is 1.01. The van der Waals surface area contributed by atoms with Gasteiger partial charge in [0.1, 0.15) is 5.69 Å². The van der Waals surface area contributed by atoms with Crippen molar-refractivity contribution >= 4 is 11.8 Å². The van der Waals surface area contributed by atoms with Crippen molar-refractivity contribution in [2.24, 2.45) is 5.73 Å². The van der Waals surface area contributed by atoms with E-state index in [1.807, 2.05) is 0 Å². The van der Waals surface area contributed by atoms with E-state index in [4.69, 9.17) is 5.73 Å². The Morgan fingerprint density at radius 1 is 1.41 bits per heavy atom. The topological polar surface area (TPSA) is 110 Å². The Morgan fingerprint density at radius 3 is 2.45 bits per heavy atom. The second kappa shape index (κ2) is 6.34. The van der Waals surface area contributed by atoms with E-state index in [0.29, 0.717) is 0 Å². The number of carbonyl (C=O) groups is 2. The summed E-state index contributed by atoms with van der Waals surface area (Å²) < 4.78 is 37.6. The van der Waals surface area contributed by atoms with Crippen molar-refractivity contribution in [1.82, 2.24) is 15.1 Å². The number of halogens is 3. The van der Waals surface area contributed by atoms with E-state index in [1.165, 1.54) is 13.8 Å². The summed E-state index contributed by atoms with van der Waals surface area (Å²) in [7, 11) is 0. The third kappa shape index (κ3) is 5.72. The first-order chi connectivity index (χ1) is 9.89. The summed E-state index contributed by atoms with van der Waals surface area (Å²) in [5, 5.41) is 15.5. The van der Waals surface area contributed by atoms with E-state index in [-0.39, 0.29) is 17.9 Å². The molecule has 7 nitrogen and oxygen atoms in total. The molecule has 1 aromatic rings. The number of primary amides is 1. The highest BCUT2D eigenvalue weighted by Crippen LogP contribution is 2.20. The van der Waals surface area contributed by atoms with Crippen LogP contribution >= 0.6 is 0 Å². The number of carbonyl (C=O) groups excluding carboxylic acids is 2. The molecule has 0 aliphatic carbocycles. The van der Waals surface area contributed by atoms with Crippen molar-refractivity contribution in [2.75, 3.05) is 6.54 Å². The van der Waals surface area contributed by atoms with Crippen molar-refractivity contribution in [1.29, 1.82) is 0 Å². The number of aromatic nitrogens is 2. The molecule has 0 fully saturated rings. The summed E-state index contributed by atoms with van der Waals surface area (Å²) in [4.78, 5) is 23.0. The van der Waals surface area contributed by atoms with Gasteiger partial charge in [0.2, 0.25) is 0 Å². The normalized spacial score (nSPS) is 12.3. The van der Waals surface area contributed by atoms with Gasteiger partial charge in [0, 0.05) is 12.6 Å². The number of aliphatic hydroxyl groups is 1. The Bertz CT molecular complexity index is 561. The number of nitrogens with two attached hydrogens (primary N) is 1. The lowest BCUT2D eigenvalue weighted by atomic mass is 10.1. The summed E-state index contributed by atoms with van der Waals surface area (Å²) in [6.45, 7) is 2.15. The molecule has 1 aromatic heterocycles. The van der Waals surface area contributed by atoms with Gasteiger partial charge in [-0.15, -0.1) is 0 Å². The van der Waals surface area contributed by atoms with Gasteiger partial charge < -0.3 is 16.2 Å². The van der Waals surface area contributed by atoms with Crippen LogP contribution in [0, 0.1) is 0 Å². The summed E-state index contributed by atoms with van der Waals surface area (Å²) in [5.74, 6) is -1.72. The number of hydrogen-bond acceptors (Lipinski definition) is 4. The fourth-order valence-corrected chi connectivity index (χ4v) is 1.51. The molecule has 1 rings (SSSR count). The maximum Gasteiger partial charge on any atom is 0.390 e. The Balaban J connectivity index is 2.95. The van der Waals surface area contributed by atoms with Gasteiger partial charge in [0.15, 0.2) is 5.69 Å². The van der Waals surface area contributed by atoms with Crippen molar-refractivity contribution in [3.63, 3.8) is 0 Å². The average Bonchev–Trinajstić information content (AvgIpc) is 2.76. The van der Waals surface area contributed by atoms with Crippen LogP contribution in [0.2, 0.25) is 0 Å². The zero-order valence-corrected chi connectivity index (χ0v) is 12.1. The fraction of sp³-hybridized carbons (Fsp3) is 0.583. The monoisotopic (exact) mass is 322 g/mol. The van der Waals surface area contributed by atoms with Crippen LogP contribution in [0.3, 0.4) is 0 Å². The molecule has 22 heavy (non-hydrogen) atoms. The van der Waals surface area contributed by atoms with Crippen LogP contribution in [0.4, 0.5) is 13.2 Å². The van der Waals surface area contributed by atoms with Crippen molar-refractivity contribution < 1.29 is 27.9 Å². The number of alkyl halides is 3. The molecule has 0 aliphatic heterocycles. The van der Waals surface area contributed by atoms with E-state index in [1.54, 1.807) is 0 Å². The molecular weight excluding hydrogens is 305 g/mol. The minimum atomic E-state index is -4.43. The number of aryl methyl sites for hydroxylation is 1. The molecule has 0 radical (unpaired) electrons. The van der Waals surface area contributed by atoms with Crippen LogP contribution in [0.25, 0.3) is 0 Å². The van der Waals surface area contributed by atoms with Crippen molar-refractivity contribution in [3.8, 4) is 0 Å². The number of hydrogen-bond donors (Lipinski definition) is 3. The highest BCUT2D eigenvalue weighted by Gasteiger charge is 2.28. The molecule has 0 saturated heterocycles. The lowest BCUT2D eigenvalue weighted by Crippen LogP contribution is -2.39. The van der Waals surface area contributed by atoms with Crippen LogP contribution in [0.15, 0.2) is 6.07 Å². The highest BCUT2D eigenvalue weighted by molar-refractivity contribution is 5.97. The molecule has 4 N–H and O–H groups in total. The van der Waals surface area contributed by atoms with Gasteiger partial charge in [-0.2, -0.15) is 18.3 Å². The van der Waals surface area contributed by atoms with Crippen LogP contribution < -0.4 is 11.1 Å². The SMILES string of the molecule is CC(C)(O)CNC(=O)c1cc(C(N)=O)nn1CCC(F)(F)F. The molecule has 0 saturated carbocycles. The van der Waals surface area contributed by atoms with Gasteiger partial charge in [-0.1, -0.05) is 0 Å². The number of nitrogens with one attached hydrogen (secondary N) is 1. The van der Waals surface area contributed by atoms with Gasteiger partial charge in [0.25, 0.3) is 11.8 Å². The molecule has 0 unspecified atom stereocenters. The molecule has 124 valence electrons. The van der Waals surface area contributed by atoms with E-state index < -0.39 is 36.6 Å². The number of amides is 2. The highest BCUT2D eigenvalue weighted by atomic mass is 19.4. The van der Waals surface area contributed by atoms with E-state index in [0.717, 1.165) is 10.7 Å². The maximum absolute atomic E-state index is 12.3.